The molecule has 1 rings (SSSR count). The van der Waals surface area contributed by atoms with Gasteiger partial charge in [-0.2, -0.15) is 8.78 Å². The predicted molar refractivity (Wildman–Crippen MR) is 66.9 cm³/mol. The van der Waals surface area contributed by atoms with E-state index in [4.69, 9.17) is 5.11 Å². The molecule has 0 fully saturated rings. The van der Waals surface area contributed by atoms with Crippen molar-refractivity contribution < 1.29 is 28.2 Å². The van der Waals surface area contributed by atoms with E-state index < -0.39 is 24.7 Å². The standard InChI is InChI=1S/C12H14F2N2O4/c1-2-9(10(17)18)16-12(19)15-7-3-5-8(6-4-7)20-11(13)14/h3-6,9,11H,2H2,1H3,(H,17,18)(H2,15,16,19)/t9-/m1/s1. The van der Waals surface area contributed by atoms with Gasteiger partial charge in [0.2, 0.25) is 0 Å². The molecule has 0 aliphatic heterocycles. The van der Waals surface area contributed by atoms with Crippen LogP contribution in [0.1, 0.15) is 13.3 Å². The number of halogens is 2. The predicted octanol–water partition coefficient (Wildman–Crippen LogP) is 2.27. The average Bonchev–Trinajstić information content (AvgIpc) is 2.37. The summed E-state index contributed by atoms with van der Waals surface area (Å²) >= 11 is 0. The Labute approximate surface area is 113 Å². The van der Waals surface area contributed by atoms with Gasteiger partial charge in [0.25, 0.3) is 0 Å². The summed E-state index contributed by atoms with van der Waals surface area (Å²) in [6.45, 7) is -1.30. The number of urea groups is 1. The van der Waals surface area contributed by atoms with Gasteiger partial charge in [-0.15, -0.1) is 0 Å². The van der Waals surface area contributed by atoms with Crippen LogP contribution in [-0.2, 0) is 4.79 Å². The second kappa shape index (κ2) is 7.27. The van der Waals surface area contributed by atoms with Crippen LogP contribution in [0, 0.1) is 0 Å². The number of aliphatic carboxylic acids is 1. The molecule has 1 aromatic carbocycles. The molecule has 0 saturated carbocycles. The second-order valence-corrected chi connectivity index (χ2v) is 3.80. The van der Waals surface area contributed by atoms with Crippen LogP contribution in [0.2, 0.25) is 0 Å². The molecule has 0 heterocycles. The molecule has 1 aromatic rings. The Morgan fingerprint density at radius 1 is 1.30 bits per heavy atom. The number of benzene rings is 1. The lowest BCUT2D eigenvalue weighted by molar-refractivity contribution is -0.139. The maximum Gasteiger partial charge on any atom is 0.387 e. The third kappa shape index (κ3) is 5.09. The van der Waals surface area contributed by atoms with Gasteiger partial charge in [-0.25, -0.2) is 9.59 Å². The van der Waals surface area contributed by atoms with Crippen molar-refractivity contribution >= 4 is 17.7 Å². The lowest BCUT2D eigenvalue weighted by Gasteiger charge is -2.13. The zero-order valence-corrected chi connectivity index (χ0v) is 10.6. The maximum atomic E-state index is 11.9. The molecule has 8 heteroatoms. The zero-order valence-electron chi connectivity index (χ0n) is 10.6. The van der Waals surface area contributed by atoms with Crippen molar-refractivity contribution in [1.82, 2.24) is 5.32 Å². The minimum Gasteiger partial charge on any atom is -0.480 e. The van der Waals surface area contributed by atoms with Gasteiger partial charge in [-0.05, 0) is 30.7 Å². The topological polar surface area (TPSA) is 87.7 Å². The molecule has 0 spiro atoms. The summed E-state index contributed by atoms with van der Waals surface area (Å²) in [6, 6.07) is 3.56. The number of carboxylic acids is 1. The van der Waals surface area contributed by atoms with E-state index in [9.17, 15) is 18.4 Å². The summed E-state index contributed by atoms with van der Waals surface area (Å²) in [5.41, 5.74) is 0.323. The van der Waals surface area contributed by atoms with Crippen LogP contribution in [0.3, 0.4) is 0 Å². The number of hydrogen-bond donors (Lipinski definition) is 3. The van der Waals surface area contributed by atoms with Gasteiger partial charge in [0.05, 0.1) is 0 Å². The summed E-state index contributed by atoms with van der Waals surface area (Å²) in [4.78, 5) is 22.2. The number of alkyl halides is 2. The fourth-order valence-corrected chi connectivity index (χ4v) is 1.38. The molecule has 20 heavy (non-hydrogen) atoms. The molecule has 1 atom stereocenters. The highest BCUT2D eigenvalue weighted by atomic mass is 19.3. The molecule has 3 N–H and O–H groups in total. The van der Waals surface area contributed by atoms with Gasteiger partial charge in [0.15, 0.2) is 0 Å². The average molecular weight is 288 g/mol. The molecule has 0 aromatic heterocycles. The van der Waals surface area contributed by atoms with Gasteiger partial charge in [0.1, 0.15) is 11.8 Å². The fraction of sp³-hybridized carbons (Fsp3) is 0.333. The van der Waals surface area contributed by atoms with Crippen LogP contribution in [0.25, 0.3) is 0 Å². The van der Waals surface area contributed by atoms with E-state index in [-0.39, 0.29) is 12.2 Å². The molecule has 110 valence electrons. The molecular weight excluding hydrogens is 274 g/mol. The third-order valence-corrected chi connectivity index (χ3v) is 2.35. The van der Waals surface area contributed by atoms with Gasteiger partial charge in [-0.1, -0.05) is 6.92 Å². The number of carbonyl (C=O) groups excluding carboxylic acids is 1. The lowest BCUT2D eigenvalue weighted by Crippen LogP contribution is -2.42. The van der Waals surface area contributed by atoms with Crippen molar-refractivity contribution in [2.75, 3.05) is 5.32 Å². The van der Waals surface area contributed by atoms with Crippen LogP contribution in [0.15, 0.2) is 24.3 Å². The van der Waals surface area contributed by atoms with E-state index >= 15 is 0 Å². The van der Waals surface area contributed by atoms with Crippen molar-refractivity contribution in [3.63, 3.8) is 0 Å². The van der Waals surface area contributed by atoms with Gasteiger partial charge < -0.3 is 20.5 Å². The Bertz CT molecular complexity index is 465. The maximum absolute atomic E-state index is 11.9. The fourth-order valence-electron chi connectivity index (χ4n) is 1.38. The first-order valence-corrected chi connectivity index (χ1v) is 5.77. The number of hydrogen-bond acceptors (Lipinski definition) is 3. The Hall–Kier alpha value is -2.38. The highest BCUT2D eigenvalue weighted by molar-refractivity contribution is 5.92. The minimum atomic E-state index is -2.92. The molecule has 6 nitrogen and oxygen atoms in total. The summed E-state index contributed by atoms with van der Waals surface area (Å²) in [5.74, 6) is -1.17. The number of ether oxygens (including phenoxy) is 1. The van der Waals surface area contributed by atoms with Crippen molar-refractivity contribution in [3.05, 3.63) is 24.3 Å². The normalized spacial score (nSPS) is 11.8. The monoisotopic (exact) mass is 288 g/mol. The summed E-state index contributed by atoms with van der Waals surface area (Å²) in [5, 5.41) is 13.4. The Morgan fingerprint density at radius 3 is 2.35 bits per heavy atom. The molecule has 0 radical (unpaired) electrons. The van der Waals surface area contributed by atoms with E-state index in [0.717, 1.165) is 0 Å². The van der Waals surface area contributed by atoms with Gasteiger partial charge in [0, 0.05) is 5.69 Å². The Kier molecular flexibility index (Phi) is 5.70. The van der Waals surface area contributed by atoms with Crippen molar-refractivity contribution in [2.24, 2.45) is 0 Å². The molecule has 0 aliphatic rings. The Morgan fingerprint density at radius 2 is 1.90 bits per heavy atom. The first-order chi connectivity index (χ1) is 9.42. The molecule has 0 saturated heterocycles. The number of rotatable bonds is 6. The van der Waals surface area contributed by atoms with Crippen molar-refractivity contribution in [1.29, 1.82) is 0 Å². The first kappa shape index (κ1) is 15.7. The van der Waals surface area contributed by atoms with E-state index in [1.165, 1.54) is 24.3 Å². The largest absolute Gasteiger partial charge is 0.480 e. The van der Waals surface area contributed by atoms with Crippen LogP contribution in [0.4, 0.5) is 19.3 Å². The number of carbonyl (C=O) groups is 2. The number of carboxylic acid groups (broad SMARTS) is 1. The highest BCUT2D eigenvalue weighted by Gasteiger charge is 2.17. The highest BCUT2D eigenvalue weighted by Crippen LogP contribution is 2.17. The van der Waals surface area contributed by atoms with Crippen molar-refractivity contribution in [3.8, 4) is 5.75 Å². The molecule has 0 unspecified atom stereocenters. The van der Waals surface area contributed by atoms with Crippen LogP contribution in [-0.4, -0.2) is 29.8 Å². The number of anilines is 1. The summed E-state index contributed by atoms with van der Waals surface area (Å²) in [6.07, 6.45) is 0.240. The third-order valence-electron chi connectivity index (χ3n) is 2.35. The number of amides is 2. The quantitative estimate of drug-likeness (QED) is 0.749. The minimum absolute atomic E-state index is 0.0390. The lowest BCUT2D eigenvalue weighted by atomic mass is 10.2. The molecule has 0 bridgehead atoms. The second-order valence-electron chi connectivity index (χ2n) is 3.80. The van der Waals surface area contributed by atoms with E-state index in [2.05, 4.69) is 15.4 Å². The molecular formula is C12H14F2N2O4. The van der Waals surface area contributed by atoms with Gasteiger partial charge >= 0.3 is 18.6 Å². The molecule has 0 aliphatic carbocycles. The van der Waals surface area contributed by atoms with Crippen molar-refractivity contribution in [2.45, 2.75) is 26.0 Å². The van der Waals surface area contributed by atoms with E-state index in [0.29, 0.717) is 5.69 Å². The van der Waals surface area contributed by atoms with Crippen LogP contribution < -0.4 is 15.4 Å². The number of nitrogens with one attached hydrogen (secondary N) is 2. The molecule has 2 amide bonds. The SMILES string of the molecule is CC[C@@H](NC(=O)Nc1ccc(OC(F)F)cc1)C(=O)O. The summed E-state index contributed by atoms with van der Waals surface area (Å²) in [7, 11) is 0. The van der Waals surface area contributed by atoms with Gasteiger partial charge in [-0.3, -0.25) is 0 Å². The smallest absolute Gasteiger partial charge is 0.387 e. The van der Waals surface area contributed by atoms with E-state index in [1.54, 1.807) is 6.92 Å². The zero-order chi connectivity index (χ0) is 15.1. The first-order valence-electron chi connectivity index (χ1n) is 5.77. The van der Waals surface area contributed by atoms with Crippen LogP contribution in [0.5, 0.6) is 5.75 Å². The Balaban J connectivity index is 2.55. The summed E-state index contributed by atoms with van der Waals surface area (Å²) < 4.78 is 28.0. The van der Waals surface area contributed by atoms with E-state index in [1.807, 2.05) is 0 Å². The van der Waals surface area contributed by atoms with Crippen LogP contribution >= 0.6 is 0 Å².